The van der Waals surface area contributed by atoms with E-state index in [4.69, 9.17) is 10.5 Å². The van der Waals surface area contributed by atoms with Crippen LogP contribution < -0.4 is 21.1 Å². The van der Waals surface area contributed by atoms with Crippen molar-refractivity contribution in [2.75, 3.05) is 6.54 Å². The van der Waals surface area contributed by atoms with Gasteiger partial charge in [-0.25, -0.2) is 13.6 Å². The lowest BCUT2D eigenvalue weighted by atomic mass is 10.2. The van der Waals surface area contributed by atoms with Crippen molar-refractivity contribution in [2.45, 2.75) is 26.5 Å². The van der Waals surface area contributed by atoms with E-state index in [9.17, 15) is 18.4 Å². The quantitative estimate of drug-likeness (QED) is 0.757. The first-order chi connectivity index (χ1) is 9.88. The van der Waals surface area contributed by atoms with E-state index in [1.54, 1.807) is 6.92 Å². The smallest absolute Gasteiger partial charge is 0.321 e. The highest BCUT2D eigenvalue weighted by atomic mass is 19.1. The zero-order valence-corrected chi connectivity index (χ0v) is 11.7. The van der Waals surface area contributed by atoms with Gasteiger partial charge in [0.25, 0.3) is 5.91 Å². The Kier molecular flexibility index (Phi) is 6.04. The second-order valence-corrected chi connectivity index (χ2v) is 4.20. The van der Waals surface area contributed by atoms with Gasteiger partial charge in [-0.15, -0.1) is 0 Å². The van der Waals surface area contributed by atoms with Crippen LogP contribution in [0.15, 0.2) is 12.1 Å². The van der Waals surface area contributed by atoms with Gasteiger partial charge in [0, 0.05) is 13.1 Å². The summed E-state index contributed by atoms with van der Waals surface area (Å²) in [7, 11) is 0. The lowest BCUT2D eigenvalue weighted by molar-refractivity contribution is -0.126. The molecule has 21 heavy (non-hydrogen) atoms. The molecule has 116 valence electrons. The molecule has 0 fully saturated rings. The second kappa shape index (κ2) is 7.53. The number of ether oxygens (including phenoxy) is 1. The van der Waals surface area contributed by atoms with E-state index in [0.717, 1.165) is 12.1 Å². The van der Waals surface area contributed by atoms with Crippen LogP contribution in [0.1, 0.15) is 19.4 Å². The SMILES string of the molecule is CCNC(=O)NC(=O)C(C)Oc1c(F)cc(CN)cc1F. The van der Waals surface area contributed by atoms with Gasteiger partial charge >= 0.3 is 6.03 Å². The summed E-state index contributed by atoms with van der Waals surface area (Å²) in [5, 5.41) is 4.33. The summed E-state index contributed by atoms with van der Waals surface area (Å²) in [6, 6.07) is 1.33. The van der Waals surface area contributed by atoms with Gasteiger partial charge in [0.2, 0.25) is 0 Å². The number of urea groups is 1. The third kappa shape index (κ3) is 4.67. The maximum Gasteiger partial charge on any atom is 0.321 e. The van der Waals surface area contributed by atoms with Crippen LogP contribution in [0.2, 0.25) is 0 Å². The molecule has 0 bridgehead atoms. The predicted molar refractivity (Wildman–Crippen MR) is 71.6 cm³/mol. The van der Waals surface area contributed by atoms with E-state index < -0.39 is 35.4 Å². The van der Waals surface area contributed by atoms with Crippen molar-refractivity contribution >= 4 is 11.9 Å². The molecule has 1 aromatic carbocycles. The lowest BCUT2D eigenvalue weighted by Crippen LogP contribution is -2.45. The van der Waals surface area contributed by atoms with Crippen LogP contribution in [0.25, 0.3) is 0 Å². The molecule has 8 heteroatoms. The van der Waals surface area contributed by atoms with Crippen molar-refractivity contribution in [1.29, 1.82) is 0 Å². The highest BCUT2D eigenvalue weighted by Crippen LogP contribution is 2.24. The number of nitrogens with two attached hydrogens (primary N) is 1. The Morgan fingerprint density at radius 2 is 1.90 bits per heavy atom. The summed E-state index contributed by atoms with van der Waals surface area (Å²) in [6.07, 6.45) is -1.25. The van der Waals surface area contributed by atoms with Crippen molar-refractivity contribution in [3.8, 4) is 5.75 Å². The van der Waals surface area contributed by atoms with E-state index in [-0.39, 0.29) is 12.1 Å². The van der Waals surface area contributed by atoms with Gasteiger partial charge in [-0.1, -0.05) is 0 Å². The topological polar surface area (TPSA) is 93.5 Å². The minimum Gasteiger partial charge on any atom is -0.475 e. The van der Waals surface area contributed by atoms with Gasteiger partial charge in [-0.2, -0.15) is 0 Å². The molecule has 3 amide bonds. The number of halogens is 2. The zero-order valence-electron chi connectivity index (χ0n) is 11.7. The number of imide groups is 1. The van der Waals surface area contributed by atoms with Crippen LogP contribution in [0.3, 0.4) is 0 Å². The Morgan fingerprint density at radius 3 is 2.38 bits per heavy atom. The van der Waals surface area contributed by atoms with E-state index in [1.807, 2.05) is 5.32 Å². The molecule has 0 aromatic heterocycles. The largest absolute Gasteiger partial charge is 0.475 e. The zero-order chi connectivity index (χ0) is 16.0. The Labute approximate surface area is 120 Å². The Bertz CT molecular complexity index is 514. The maximum atomic E-state index is 13.7. The van der Waals surface area contributed by atoms with Gasteiger partial charge in [-0.3, -0.25) is 10.1 Å². The van der Waals surface area contributed by atoms with Crippen molar-refractivity contribution in [2.24, 2.45) is 5.73 Å². The Morgan fingerprint density at radius 1 is 1.33 bits per heavy atom. The lowest BCUT2D eigenvalue weighted by Gasteiger charge is -2.15. The van der Waals surface area contributed by atoms with E-state index in [0.29, 0.717) is 6.54 Å². The number of hydrogen-bond donors (Lipinski definition) is 3. The first-order valence-electron chi connectivity index (χ1n) is 6.32. The Balaban J connectivity index is 2.77. The van der Waals surface area contributed by atoms with Crippen molar-refractivity contribution in [3.05, 3.63) is 29.3 Å². The number of benzene rings is 1. The fraction of sp³-hybridized carbons (Fsp3) is 0.385. The molecule has 6 nitrogen and oxygen atoms in total. The van der Waals surface area contributed by atoms with E-state index in [1.165, 1.54) is 6.92 Å². The summed E-state index contributed by atoms with van der Waals surface area (Å²) in [5.74, 6) is -3.44. The molecule has 0 radical (unpaired) electrons. The summed E-state index contributed by atoms with van der Waals surface area (Å²) in [5.41, 5.74) is 5.55. The third-order valence-electron chi connectivity index (χ3n) is 2.53. The molecular formula is C13H17F2N3O3. The summed E-state index contributed by atoms with van der Waals surface area (Å²) < 4.78 is 32.3. The van der Waals surface area contributed by atoms with Gasteiger partial charge in [0.05, 0.1) is 0 Å². The number of hydrogen-bond acceptors (Lipinski definition) is 4. The summed E-state index contributed by atoms with van der Waals surface area (Å²) in [6.45, 7) is 3.25. The molecule has 0 saturated heterocycles. The maximum absolute atomic E-state index is 13.7. The molecule has 1 rings (SSSR count). The first-order valence-corrected chi connectivity index (χ1v) is 6.32. The van der Waals surface area contributed by atoms with Crippen LogP contribution >= 0.6 is 0 Å². The van der Waals surface area contributed by atoms with Crippen molar-refractivity contribution < 1.29 is 23.1 Å². The second-order valence-electron chi connectivity index (χ2n) is 4.20. The minimum atomic E-state index is -1.25. The molecule has 0 aliphatic heterocycles. The molecule has 0 aliphatic carbocycles. The molecule has 0 heterocycles. The standard InChI is InChI=1S/C13H17F2N3O3/c1-3-17-13(20)18-12(19)7(2)21-11-9(14)4-8(6-16)5-10(11)15/h4-5,7H,3,6,16H2,1-2H3,(H2,17,18,19,20). The van der Waals surface area contributed by atoms with Crippen molar-refractivity contribution in [1.82, 2.24) is 10.6 Å². The minimum absolute atomic E-state index is 0.0264. The molecule has 1 atom stereocenters. The number of rotatable bonds is 5. The Hall–Kier alpha value is -2.22. The van der Waals surface area contributed by atoms with E-state index >= 15 is 0 Å². The molecular weight excluding hydrogens is 284 g/mol. The number of nitrogens with one attached hydrogen (secondary N) is 2. The van der Waals surface area contributed by atoms with Crippen molar-refractivity contribution in [3.63, 3.8) is 0 Å². The summed E-state index contributed by atoms with van der Waals surface area (Å²) in [4.78, 5) is 22.8. The van der Waals surface area contributed by atoms with Crippen LogP contribution in [0, 0.1) is 11.6 Å². The molecule has 1 aromatic rings. The fourth-order valence-electron chi connectivity index (χ4n) is 1.49. The number of carbonyl (C=O) groups excluding carboxylic acids is 2. The highest BCUT2D eigenvalue weighted by molar-refractivity contribution is 5.96. The average Bonchev–Trinajstić information content (AvgIpc) is 2.42. The fourth-order valence-corrected chi connectivity index (χ4v) is 1.49. The number of amides is 3. The normalized spacial score (nSPS) is 11.7. The first kappa shape index (κ1) is 16.8. The molecule has 0 aliphatic rings. The van der Waals surface area contributed by atoms with Gasteiger partial charge in [-0.05, 0) is 31.5 Å². The van der Waals surface area contributed by atoms with E-state index in [2.05, 4.69) is 5.32 Å². The number of carbonyl (C=O) groups is 2. The molecule has 4 N–H and O–H groups in total. The highest BCUT2D eigenvalue weighted by Gasteiger charge is 2.21. The van der Waals surface area contributed by atoms with Crippen LogP contribution in [-0.2, 0) is 11.3 Å². The molecule has 0 spiro atoms. The van der Waals surface area contributed by atoms with Gasteiger partial charge in [0.1, 0.15) is 0 Å². The van der Waals surface area contributed by atoms with Gasteiger partial charge < -0.3 is 15.8 Å². The van der Waals surface area contributed by atoms with Crippen LogP contribution in [0.4, 0.5) is 13.6 Å². The molecule has 0 saturated carbocycles. The third-order valence-corrected chi connectivity index (χ3v) is 2.53. The van der Waals surface area contributed by atoms with Crippen LogP contribution in [0.5, 0.6) is 5.75 Å². The van der Waals surface area contributed by atoms with Gasteiger partial charge in [0.15, 0.2) is 23.5 Å². The predicted octanol–water partition coefficient (Wildman–Crippen LogP) is 1.04. The average molecular weight is 301 g/mol. The molecule has 1 unspecified atom stereocenters. The van der Waals surface area contributed by atoms with Crippen LogP contribution in [-0.4, -0.2) is 24.6 Å². The monoisotopic (exact) mass is 301 g/mol. The summed E-state index contributed by atoms with van der Waals surface area (Å²) >= 11 is 0.